The lowest BCUT2D eigenvalue weighted by Crippen LogP contribution is -2.03. The summed E-state index contributed by atoms with van der Waals surface area (Å²) in [6, 6.07) is 12.3. The van der Waals surface area contributed by atoms with Gasteiger partial charge < -0.3 is 10.5 Å². The molecule has 2 aromatic carbocycles. The SMILES string of the molecule is NCc1c(F)cccc1Oc1ncc2ccccc2n1. The van der Waals surface area contributed by atoms with E-state index in [1.165, 1.54) is 6.07 Å². The summed E-state index contributed by atoms with van der Waals surface area (Å²) in [5.74, 6) is -0.0615. The molecule has 20 heavy (non-hydrogen) atoms. The number of nitrogens with two attached hydrogens (primary N) is 1. The summed E-state index contributed by atoms with van der Waals surface area (Å²) >= 11 is 0. The molecule has 3 aromatic rings. The van der Waals surface area contributed by atoms with Gasteiger partial charge in [0.1, 0.15) is 11.6 Å². The molecule has 4 nitrogen and oxygen atoms in total. The number of rotatable bonds is 3. The average molecular weight is 269 g/mol. The molecule has 0 atom stereocenters. The highest BCUT2D eigenvalue weighted by Gasteiger charge is 2.10. The second-order valence-corrected chi connectivity index (χ2v) is 4.23. The van der Waals surface area contributed by atoms with Crippen LogP contribution in [0.1, 0.15) is 5.56 Å². The number of nitrogens with zero attached hydrogens (tertiary/aromatic N) is 2. The van der Waals surface area contributed by atoms with Crippen LogP contribution in [0.3, 0.4) is 0 Å². The first-order chi connectivity index (χ1) is 9.78. The van der Waals surface area contributed by atoms with Gasteiger partial charge >= 0.3 is 6.01 Å². The van der Waals surface area contributed by atoms with E-state index in [2.05, 4.69) is 9.97 Å². The van der Waals surface area contributed by atoms with Crippen molar-refractivity contribution in [3.8, 4) is 11.8 Å². The van der Waals surface area contributed by atoms with Gasteiger partial charge in [-0.1, -0.05) is 24.3 Å². The molecule has 100 valence electrons. The summed E-state index contributed by atoms with van der Waals surface area (Å²) in [7, 11) is 0. The minimum absolute atomic E-state index is 0.0512. The predicted octanol–water partition coefficient (Wildman–Crippen LogP) is 3.02. The Bertz CT molecular complexity index is 761. The van der Waals surface area contributed by atoms with Gasteiger partial charge in [0.15, 0.2) is 0 Å². The normalized spacial score (nSPS) is 10.7. The average Bonchev–Trinajstić information content (AvgIpc) is 2.47. The van der Waals surface area contributed by atoms with Crippen molar-refractivity contribution in [2.75, 3.05) is 0 Å². The molecule has 1 heterocycles. The van der Waals surface area contributed by atoms with Gasteiger partial charge in [0.2, 0.25) is 0 Å². The van der Waals surface area contributed by atoms with Crippen molar-refractivity contribution in [3.63, 3.8) is 0 Å². The van der Waals surface area contributed by atoms with Crippen molar-refractivity contribution in [1.29, 1.82) is 0 Å². The van der Waals surface area contributed by atoms with Gasteiger partial charge in [0.25, 0.3) is 0 Å². The zero-order valence-electron chi connectivity index (χ0n) is 10.6. The van der Waals surface area contributed by atoms with E-state index in [9.17, 15) is 4.39 Å². The molecular weight excluding hydrogens is 257 g/mol. The predicted molar refractivity (Wildman–Crippen MR) is 73.9 cm³/mol. The van der Waals surface area contributed by atoms with Crippen molar-refractivity contribution in [2.45, 2.75) is 6.54 Å². The Hall–Kier alpha value is -2.53. The zero-order valence-corrected chi connectivity index (χ0v) is 10.6. The van der Waals surface area contributed by atoms with Crippen molar-refractivity contribution in [1.82, 2.24) is 9.97 Å². The molecule has 0 saturated heterocycles. The van der Waals surface area contributed by atoms with Crippen LogP contribution in [0.5, 0.6) is 11.8 Å². The van der Waals surface area contributed by atoms with Crippen molar-refractivity contribution in [2.24, 2.45) is 5.73 Å². The van der Waals surface area contributed by atoms with Crippen LogP contribution < -0.4 is 10.5 Å². The lowest BCUT2D eigenvalue weighted by Gasteiger charge is -2.09. The molecular formula is C15H12FN3O. The van der Waals surface area contributed by atoms with E-state index >= 15 is 0 Å². The summed E-state index contributed by atoms with van der Waals surface area (Å²) in [5, 5.41) is 0.915. The van der Waals surface area contributed by atoms with E-state index in [1.54, 1.807) is 18.3 Å². The van der Waals surface area contributed by atoms with Gasteiger partial charge in [0.05, 0.1) is 5.52 Å². The van der Waals surface area contributed by atoms with Gasteiger partial charge in [-0.2, -0.15) is 4.98 Å². The molecule has 0 aliphatic carbocycles. The van der Waals surface area contributed by atoms with Crippen LogP contribution in [0.25, 0.3) is 10.9 Å². The highest BCUT2D eigenvalue weighted by atomic mass is 19.1. The fraction of sp³-hybridized carbons (Fsp3) is 0.0667. The molecule has 0 aliphatic heterocycles. The standard InChI is InChI=1S/C15H12FN3O/c16-12-5-3-7-14(11(12)8-17)20-15-18-9-10-4-1-2-6-13(10)19-15/h1-7,9H,8,17H2. The maximum absolute atomic E-state index is 13.6. The highest BCUT2D eigenvalue weighted by Crippen LogP contribution is 2.25. The maximum Gasteiger partial charge on any atom is 0.322 e. The first-order valence-corrected chi connectivity index (χ1v) is 6.15. The summed E-state index contributed by atoms with van der Waals surface area (Å²) in [4.78, 5) is 8.39. The van der Waals surface area contributed by atoms with E-state index in [0.29, 0.717) is 11.3 Å². The van der Waals surface area contributed by atoms with Gasteiger partial charge in [-0.25, -0.2) is 9.37 Å². The van der Waals surface area contributed by atoms with Crippen LogP contribution in [0.2, 0.25) is 0 Å². The number of hydrogen-bond donors (Lipinski definition) is 1. The number of fused-ring (bicyclic) bond motifs is 1. The third-order valence-electron chi connectivity index (χ3n) is 2.95. The molecule has 0 fully saturated rings. The van der Waals surface area contributed by atoms with E-state index < -0.39 is 5.82 Å². The molecule has 0 aliphatic rings. The maximum atomic E-state index is 13.6. The quantitative estimate of drug-likeness (QED) is 0.794. The van der Waals surface area contributed by atoms with E-state index in [0.717, 1.165) is 10.9 Å². The Labute approximate surface area is 115 Å². The summed E-state index contributed by atoms with van der Waals surface area (Å²) in [5.41, 5.74) is 6.61. The van der Waals surface area contributed by atoms with E-state index in [1.807, 2.05) is 24.3 Å². The molecule has 2 N–H and O–H groups in total. The summed E-state index contributed by atoms with van der Waals surface area (Å²) < 4.78 is 19.2. The van der Waals surface area contributed by atoms with E-state index in [-0.39, 0.29) is 12.6 Å². The van der Waals surface area contributed by atoms with Gasteiger partial charge in [0, 0.05) is 23.7 Å². The zero-order chi connectivity index (χ0) is 13.9. The summed E-state index contributed by atoms with van der Waals surface area (Å²) in [6.45, 7) is 0.0512. The number of aromatic nitrogens is 2. The van der Waals surface area contributed by atoms with Gasteiger partial charge in [-0.05, 0) is 18.2 Å². The van der Waals surface area contributed by atoms with Gasteiger partial charge in [-0.15, -0.1) is 0 Å². The molecule has 1 aromatic heterocycles. The van der Waals surface area contributed by atoms with Crippen LogP contribution >= 0.6 is 0 Å². The minimum atomic E-state index is -0.397. The topological polar surface area (TPSA) is 61.0 Å². The number of hydrogen-bond acceptors (Lipinski definition) is 4. The van der Waals surface area contributed by atoms with Crippen LogP contribution in [0.15, 0.2) is 48.7 Å². The fourth-order valence-electron chi connectivity index (χ4n) is 1.94. The lowest BCUT2D eigenvalue weighted by molar-refractivity contribution is 0.433. The minimum Gasteiger partial charge on any atom is -0.424 e. The van der Waals surface area contributed by atoms with E-state index in [4.69, 9.17) is 10.5 Å². The third kappa shape index (κ3) is 2.31. The highest BCUT2D eigenvalue weighted by molar-refractivity contribution is 5.77. The van der Waals surface area contributed by atoms with Crippen LogP contribution in [0, 0.1) is 5.82 Å². The van der Waals surface area contributed by atoms with Crippen molar-refractivity contribution >= 4 is 10.9 Å². The Kier molecular flexibility index (Phi) is 3.26. The monoisotopic (exact) mass is 269 g/mol. The molecule has 0 radical (unpaired) electrons. The number of para-hydroxylation sites is 1. The fourth-order valence-corrected chi connectivity index (χ4v) is 1.94. The Morgan fingerprint density at radius 2 is 1.95 bits per heavy atom. The largest absolute Gasteiger partial charge is 0.424 e. The first-order valence-electron chi connectivity index (χ1n) is 6.15. The smallest absolute Gasteiger partial charge is 0.322 e. The number of benzene rings is 2. The molecule has 3 rings (SSSR count). The second-order valence-electron chi connectivity index (χ2n) is 4.23. The third-order valence-corrected chi connectivity index (χ3v) is 2.95. The lowest BCUT2D eigenvalue weighted by atomic mass is 10.2. The molecule has 0 amide bonds. The molecule has 0 bridgehead atoms. The summed E-state index contributed by atoms with van der Waals surface area (Å²) in [6.07, 6.45) is 1.67. The molecule has 0 saturated carbocycles. The van der Waals surface area contributed by atoms with Crippen molar-refractivity contribution in [3.05, 3.63) is 60.0 Å². The number of ether oxygens (including phenoxy) is 1. The molecule has 0 spiro atoms. The Balaban J connectivity index is 1.99. The van der Waals surface area contributed by atoms with Gasteiger partial charge in [-0.3, -0.25) is 0 Å². The van der Waals surface area contributed by atoms with Crippen LogP contribution in [0.4, 0.5) is 4.39 Å². The van der Waals surface area contributed by atoms with Crippen LogP contribution in [-0.4, -0.2) is 9.97 Å². The molecule has 0 unspecified atom stereocenters. The Morgan fingerprint density at radius 1 is 1.10 bits per heavy atom. The van der Waals surface area contributed by atoms with Crippen LogP contribution in [-0.2, 0) is 6.54 Å². The molecule has 5 heteroatoms. The number of halogens is 1. The second kappa shape index (κ2) is 5.22. The Morgan fingerprint density at radius 3 is 2.80 bits per heavy atom. The van der Waals surface area contributed by atoms with Crippen molar-refractivity contribution < 1.29 is 9.13 Å². The first kappa shape index (κ1) is 12.5.